The van der Waals surface area contributed by atoms with Crippen molar-refractivity contribution in [3.05, 3.63) is 64.2 Å². The molecule has 170 valence electrons. The van der Waals surface area contributed by atoms with E-state index in [0.717, 1.165) is 0 Å². The SMILES string of the molecule is CCCN1C(=O)C(=O)/C(=C(/O)c2cc(Cl)ccc2OC)C1c1cccc(OCCCO)c1. The van der Waals surface area contributed by atoms with Crippen LogP contribution in [0, 0.1) is 0 Å². The molecule has 0 aliphatic carbocycles. The first-order valence-electron chi connectivity index (χ1n) is 10.4. The summed E-state index contributed by atoms with van der Waals surface area (Å²) in [7, 11) is 1.44. The van der Waals surface area contributed by atoms with E-state index in [0.29, 0.717) is 48.1 Å². The Kier molecular flexibility index (Phi) is 7.77. The Bertz CT molecular complexity index is 1030. The lowest BCUT2D eigenvalue weighted by Gasteiger charge is -2.25. The number of hydrogen-bond acceptors (Lipinski definition) is 6. The summed E-state index contributed by atoms with van der Waals surface area (Å²) in [6.07, 6.45) is 1.11. The second-order valence-electron chi connectivity index (χ2n) is 7.34. The number of rotatable bonds is 9. The maximum atomic E-state index is 13.0. The molecule has 2 N–H and O–H groups in total. The minimum Gasteiger partial charge on any atom is -0.507 e. The van der Waals surface area contributed by atoms with E-state index in [1.807, 2.05) is 6.92 Å². The van der Waals surface area contributed by atoms with Crippen molar-refractivity contribution in [3.63, 3.8) is 0 Å². The van der Waals surface area contributed by atoms with Crippen molar-refractivity contribution in [2.45, 2.75) is 25.8 Å². The number of nitrogens with zero attached hydrogens (tertiary/aromatic N) is 1. The third-order valence-corrected chi connectivity index (χ3v) is 5.40. The fraction of sp³-hybridized carbons (Fsp3) is 0.333. The van der Waals surface area contributed by atoms with Gasteiger partial charge in [0.05, 0.1) is 30.9 Å². The number of benzene rings is 2. The first kappa shape index (κ1) is 23.6. The number of hydrogen-bond donors (Lipinski definition) is 2. The van der Waals surface area contributed by atoms with Crippen LogP contribution >= 0.6 is 11.6 Å². The highest BCUT2D eigenvalue weighted by atomic mass is 35.5. The molecule has 1 aliphatic rings. The molecular weight excluding hydrogens is 434 g/mol. The van der Waals surface area contributed by atoms with Gasteiger partial charge in [0.15, 0.2) is 0 Å². The van der Waals surface area contributed by atoms with Crippen molar-refractivity contribution in [3.8, 4) is 11.5 Å². The van der Waals surface area contributed by atoms with Gasteiger partial charge in [-0.25, -0.2) is 0 Å². The van der Waals surface area contributed by atoms with Gasteiger partial charge in [0.1, 0.15) is 17.3 Å². The Labute approximate surface area is 191 Å². The van der Waals surface area contributed by atoms with Crippen LogP contribution in [0.1, 0.15) is 36.9 Å². The highest BCUT2D eigenvalue weighted by molar-refractivity contribution is 6.46. The van der Waals surface area contributed by atoms with Crippen molar-refractivity contribution in [2.24, 2.45) is 0 Å². The first-order chi connectivity index (χ1) is 15.4. The van der Waals surface area contributed by atoms with Gasteiger partial charge in [0, 0.05) is 24.6 Å². The van der Waals surface area contributed by atoms with Crippen LogP contribution in [0.2, 0.25) is 5.02 Å². The second-order valence-corrected chi connectivity index (χ2v) is 7.77. The molecule has 1 amide bonds. The summed E-state index contributed by atoms with van der Waals surface area (Å²) in [6.45, 7) is 2.59. The first-order valence-corrected chi connectivity index (χ1v) is 10.8. The van der Waals surface area contributed by atoms with Crippen molar-refractivity contribution < 1.29 is 29.3 Å². The number of Topliss-reactive ketones (excluding diaryl/α,β-unsaturated/α-hetero) is 1. The zero-order valence-corrected chi connectivity index (χ0v) is 18.8. The van der Waals surface area contributed by atoms with Gasteiger partial charge in [-0.2, -0.15) is 0 Å². The van der Waals surface area contributed by atoms with Gasteiger partial charge < -0.3 is 24.6 Å². The summed E-state index contributed by atoms with van der Waals surface area (Å²) in [5.41, 5.74) is 0.827. The van der Waals surface area contributed by atoms with E-state index in [2.05, 4.69) is 0 Å². The zero-order chi connectivity index (χ0) is 23.3. The van der Waals surface area contributed by atoms with E-state index in [1.165, 1.54) is 18.1 Å². The van der Waals surface area contributed by atoms with Crippen molar-refractivity contribution >= 4 is 29.1 Å². The maximum Gasteiger partial charge on any atom is 0.295 e. The number of aliphatic hydroxyl groups excluding tert-OH is 2. The molecule has 1 aliphatic heterocycles. The third kappa shape index (κ3) is 4.74. The normalized spacial score (nSPS) is 17.6. The van der Waals surface area contributed by atoms with Crippen LogP contribution in [-0.2, 0) is 9.59 Å². The zero-order valence-electron chi connectivity index (χ0n) is 18.0. The van der Waals surface area contributed by atoms with Gasteiger partial charge >= 0.3 is 0 Å². The number of likely N-dealkylation sites (tertiary alicyclic amines) is 1. The van der Waals surface area contributed by atoms with E-state index in [1.54, 1.807) is 36.4 Å². The van der Waals surface area contributed by atoms with Crippen LogP contribution in [0.3, 0.4) is 0 Å². The number of carbonyl (C=O) groups is 2. The number of methoxy groups -OCH3 is 1. The standard InChI is InChI=1S/C24H26ClNO6/c1-3-10-26-21(15-6-4-7-17(13-15)32-12-5-11-27)20(23(29)24(26)30)22(28)18-14-16(25)8-9-19(18)31-2/h4,6-9,13-14,21,27-28H,3,5,10-12H2,1-2H3/b22-20+. The predicted octanol–water partition coefficient (Wildman–Crippen LogP) is 3.94. The predicted molar refractivity (Wildman–Crippen MR) is 121 cm³/mol. The number of carbonyl (C=O) groups excluding carboxylic acids is 2. The number of ether oxygens (including phenoxy) is 2. The van der Waals surface area contributed by atoms with Gasteiger partial charge in [-0.15, -0.1) is 0 Å². The Morgan fingerprint density at radius 1 is 1.19 bits per heavy atom. The van der Waals surface area contributed by atoms with Crippen LogP contribution in [0.4, 0.5) is 0 Å². The summed E-state index contributed by atoms with van der Waals surface area (Å²) in [6, 6.07) is 10.9. The lowest BCUT2D eigenvalue weighted by Crippen LogP contribution is -2.30. The lowest BCUT2D eigenvalue weighted by atomic mass is 9.94. The average molecular weight is 460 g/mol. The molecule has 2 aromatic rings. The van der Waals surface area contributed by atoms with Crippen LogP contribution < -0.4 is 9.47 Å². The van der Waals surface area contributed by atoms with Crippen molar-refractivity contribution in [1.29, 1.82) is 0 Å². The number of ketones is 1. The molecule has 1 atom stereocenters. The fourth-order valence-electron chi connectivity index (χ4n) is 3.74. The summed E-state index contributed by atoms with van der Waals surface area (Å²) in [5, 5.41) is 20.5. The van der Waals surface area contributed by atoms with Crippen LogP contribution in [-0.4, -0.2) is 53.7 Å². The molecule has 8 heteroatoms. The summed E-state index contributed by atoms with van der Waals surface area (Å²) < 4.78 is 11.0. The second kappa shape index (κ2) is 10.5. The molecule has 2 aromatic carbocycles. The Balaban J connectivity index is 2.15. The molecule has 7 nitrogen and oxygen atoms in total. The molecule has 1 fully saturated rings. The number of aliphatic hydroxyl groups is 2. The van der Waals surface area contributed by atoms with Gasteiger partial charge in [-0.3, -0.25) is 9.59 Å². The molecule has 3 rings (SSSR count). The Hall–Kier alpha value is -3.03. The fourth-order valence-corrected chi connectivity index (χ4v) is 3.91. The molecule has 1 unspecified atom stereocenters. The Morgan fingerprint density at radius 3 is 2.66 bits per heavy atom. The molecule has 0 spiro atoms. The van der Waals surface area contributed by atoms with Gasteiger partial charge in [-0.1, -0.05) is 30.7 Å². The smallest absolute Gasteiger partial charge is 0.295 e. The lowest BCUT2D eigenvalue weighted by molar-refractivity contribution is -0.139. The monoisotopic (exact) mass is 459 g/mol. The number of halogens is 1. The molecular formula is C24H26ClNO6. The van der Waals surface area contributed by atoms with E-state index in [-0.39, 0.29) is 23.5 Å². The molecule has 0 radical (unpaired) electrons. The maximum absolute atomic E-state index is 13.0. The third-order valence-electron chi connectivity index (χ3n) is 5.17. The molecule has 32 heavy (non-hydrogen) atoms. The highest BCUT2D eigenvalue weighted by Crippen LogP contribution is 2.42. The molecule has 1 saturated heterocycles. The van der Waals surface area contributed by atoms with Gasteiger partial charge in [0.25, 0.3) is 11.7 Å². The van der Waals surface area contributed by atoms with E-state index in [9.17, 15) is 14.7 Å². The topological polar surface area (TPSA) is 96.3 Å². The molecule has 0 saturated carbocycles. The number of amides is 1. The van der Waals surface area contributed by atoms with Gasteiger partial charge in [-0.05, 0) is 42.3 Å². The van der Waals surface area contributed by atoms with Crippen molar-refractivity contribution in [1.82, 2.24) is 4.90 Å². The quantitative estimate of drug-likeness (QED) is 0.255. The van der Waals surface area contributed by atoms with Crippen molar-refractivity contribution in [2.75, 3.05) is 26.9 Å². The van der Waals surface area contributed by atoms with Gasteiger partial charge in [0.2, 0.25) is 0 Å². The van der Waals surface area contributed by atoms with Crippen LogP contribution in [0.25, 0.3) is 5.76 Å². The molecule has 0 bridgehead atoms. The van der Waals surface area contributed by atoms with Crippen LogP contribution in [0.5, 0.6) is 11.5 Å². The Morgan fingerprint density at radius 2 is 1.97 bits per heavy atom. The minimum absolute atomic E-state index is 0.0117. The minimum atomic E-state index is -0.792. The van der Waals surface area contributed by atoms with E-state index < -0.39 is 17.7 Å². The molecule has 1 heterocycles. The summed E-state index contributed by atoms with van der Waals surface area (Å²) in [4.78, 5) is 27.3. The highest BCUT2D eigenvalue weighted by Gasteiger charge is 2.46. The summed E-state index contributed by atoms with van der Waals surface area (Å²) in [5.74, 6) is -0.926. The van der Waals surface area contributed by atoms with E-state index in [4.69, 9.17) is 26.2 Å². The van der Waals surface area contributed by atoms with E-state index >= 15 is 0 Å². The van der Waals surface area contributed by atoms with Crippen LogP contribution in [0.15, 0.2) is 48.0 Å². The summed E-state index contributed by atoms with van der Waals surface area (Å²) >= 11 is 6.12. The largest absolute Gasteiger partial charge is 0.507 e. The average Bonchev–Trinajstić information content (AvgIpc) is 3.04. The molecule has 0 aromatic heterocycles.